The molecule has 0 bridgehead atoms. The van der Waals surface area contributed by atoms with E-state index in [0.717, 1.165) is 0 Å². The van der Waals surface area contributed by atoms with Crippen molar-refractivity contribution in [1.82, 2.24) is 0 Å². The van der Waals surface area contributed by atoms with Crippen LogP contribution in [0.4, 0.5) is 0 Å². The van der Waals surface area contributed by atoms with E-state index in [1.165, 1.54) is 13.8 Å². The van der Waals surface area contributed by atoms with Gasteiger partial charge in [0.25, 0.3) is 9.04 Å². The Hall–Kier alpha value is -1.84. The smallest absolute Gasteiger partial charge is 0.465 e. The zero-order valence-electron chi connectivity index (χ0n) is 19.9. The topological polar surface area (TPSA) is 149 Å². The highest BCUT2D eigenvalue weighted by molar-refractivity contribution is 6.58. The normalized spacial score (nSPS) is 12.4. The van der Waals surface area contributed by atoms with E-state index in [1.54, 1.807) is 13.8 Å². The van der Waals surface area contributed by atoms with Crippen molar-refractivity contribution in [3.8, 4) is 0 Å². The molecule has 0 rings (SSSR count). The summed E-state index contributed by atoms with van der Waals surface area (Å²) in [5.74, 6) is -1.81. The average molecular weight is 506 g/mol. The minimum Gasteiger partial charge on any atom is -0.465 e. The van der Waals surface area contributed by atoms with Crippen molar-refractivity contribution in [3.63, 3.8) is 0 Å². The lowest BCUT2D eigenvalue weighted by molar-refractivity contribution is -0.147. The van der Waals surface area contributed by atoms with Crippen LogP contribution in [0.5, 0.6) is 0 Å². The van der Waals surface area contributed by atoms with E-state index in [4.69, 9.17) is 18.6 Å². The summed E-state index contributed by atoms with van der Waals surface area (Å²) in [6.45, 7) is 13.5. The molecule has 33 heavy (non-hydrogen) atoms. The highest BCUT2D eigenvalue weighted by Gasteiger charge is 2.36. The Kier molecular flexibility index (Phi) is 15.0. The molecule has 1 radical (unpaired) electrons. The number of carbonyl (C=O) groups excluding carboxylic acids is 3. The summed E-state index contributed by atoms with van der Waals surface area (Å²) < 4.78 is 20.5. The Labute approximate surface area is 198 Å². The molecule has 0 aliphatic carbocycles. The zero-order chi connectivity index (χ0) is 25.6. The third-order valence-corrected chi connectivity index (χ3v) is 7.27. The quantitative estimate of drug-likeness (QED) is 0.0871. The number of rotatable bonds is 17. The average Bonchev–Trinajstić information content (AvgIpc) is 2.71. The first kappa shape index (κ1) is 31.2. The summed E-state index contributed by atoms with van der Waals surface area (Å²) in [5.41, 5.74) is 0.463. The van der Waals surface area contributed by atoms with Crippen molar-refractivity contribution in [2.24, 2.45) is 5.92 Å². The molecular weight excluding hydrogens is 468 g/mol. The van der Waals surface area contributed by atoms with E-state index >= 15 is 0 Å². The Bertz CT molecular complexity index is 678. The minimum absolute atomic E-state index is 0.0314. The van der Waals surface area contributed by atoms with E-state index < -0.39 is 35.9 Å². The van der Waals surface area contributed by atoms with Crippen LogP contribution >= 0.6 is 0 Å². The molecule has 1 atom stereocenters. The monoisotopic (exact) mass is 505 g/mol. The molecule has 1 unspecified atom stereocenters. The van der Waals surface area contributed by atoms with E-state index in [1.807, 2.05) is 0 Å². The van der Waals surface area contributed by atoms with Crippen LogP contribution in [0.25, 0.3) is 0 Å². The van der Waals surface area contributed by atoms with Gasteiger partial charge in [-0.1, -0.05) is 27.0 Å². The third kappa shape index (κ3) is 15.6. The van der Waals surface area contributed by atoms with Gasteiger partial charge >= 0.3 is 26.7 Å². The van der Waals surface area contributed by atoms with E-state index in [2.05, 4.69) is 13.2 Å². The second kappa shape index (κ2) is 15.9. The Balaban J connectivity index is 4.80. The Morgan fingerprint density at radius 2 is 1.48 bits per heavy atom. The largest absolute Gasteiger partial charge is 0.495 e. The first-order valence-electron chi connectivity index (χ1n) is 10.7. The molecule has 0 spiro atoms. The Morgan fingerprint density at radius 1 is 0.939 bits per heavy atom. The van der Waals surface area contributed by atoms with Crippen LogP contribution < -0.4 is 0 Å². The second-order valence-corrected chi connectivity index (χ2v) is 12.1. The van der Waals surface area contributed by atoms with E-state index in [0.29, 0.717) is 6.42 Å². The van der Waals surface area contributed by atoms with Crippen molar-refractivity contribution >= 4 is 35.8 Å². The summed E-state index contributed by atoms with van der Waals surface area (Å²) in [6, 6.07) is -0.0432. The molecule has 0 fully saturated rings. The van der Waals surface area contributed by atoms with Crippen LogP contribution in [0.3, 0.4) is 0 Å². The number of carbonyl (C=O) groups is 3. The molecule has 0 aromatic carbocycles. The predicted octanol–water partition coefficient (Wildman–Crippen LogP) is 1.43. The van der Waals surface area contributed by atoms with Gasteiger partial charge in [0.05, 0.1) is 19.1 Å². The standard InChI is InChI=1S/C21H37O10Si2/c1-15(2)19(22)28-10-7-9-18(13-32(25)14-30-21(24)17(5)6)31-33(26,27)12-8-11-29-20(23)16(3)4/h16,18,25-27H,1,5,7-14H2,2-4,6H3. The first-order chi connectivity index (χ1) is 15.2. The van der Waals surface area contributed by atoms with Gasteiger partial charge in [-0.15, -0.1) is 0 Å². The number of esters is 3. The maximum absolute atomic E-state index is 11.5. The highest BCUT2D eigenvalue weighted by atomic mass is 28.4. The van der Waals surface area contributed by atoms with Gasteiger partial charge in [-0.05, 0) is 39.2 Å². The van der Waals surface area contributed by atoms with Gasteiger partial charge < -0.3 is 33.0 Å². The molecule has 0 aromatic heterocycles. The molecule has 3 N–H and O–H groups in total. The first-order valence-corrected chi connectivity index (χ1v) is 14.6. The van der Waals surface area contributed by atoms with Crippen LogP contribution in [0.1, 0.15) is 47.0 Å². The maximum atomic E-state index is 11.5. The molecule has 0 saturated carbocycles. The number of hydrogen-bond acceptors (Lipinski definition) is 10. The lowest BCUT2D eigenvalue weighted by Gasteiger charge is -2.26. The summed E-state index contributed by atoms with van der Waals surface area (Å²) in [7, 11) is -6.32. The van der Waals surface area contributed by atoms with Crippen LogP contribution in [0.2, 0.25) is 12.1 Å². The molecule has 0 aromatic rings. The van der Waals surface area contributed by atoms with Crippen LogP contribution in [-0.2, 0) is 33.0 Å². The van der Waals surface area contributed by atoms with Gasteiger partial charge in [-0.25, -0.2) is 9.59 Å². The van der Waals surface area contributed by atoms with Gasteiger partial charge in [0.2, 0.25) is 0 Å². The second-order valence-electron chi connectivity index (χ2n) is 8.09. The fourth-order valence-corrected chi connectivity index (χ4v) is 5.22. The molecule has 0 saturated heterocycles. The zero-order valence-corrected chi connectivity index (χ0v) is 21.9. The fraction of sp³-hybridized carbons (Fsp3) is 0.667. The van der Waals surface area contributed by atoms with Gasteiger partial charge in [0, 0.05) is 23.3 Å². The summed E-state index contributed by atoms with van der Waals surface area (Å²) in [5, 5.41) is 0. The minimum atomic E-state index is -4.12. The van der Waals surface area contributed by atoms with E-state index in [-0.39, 0.29) is 67.4 Å². The summed E-state index contributed by atoms with van der Waals surface area (Å²) >= 11 is 0. The highest BCUT2D eigenvalue weighted by Crippen LogP contribution is 2.18. The molecule has 12 heteroatoms. The fourth-order valence-electron chi connectivity index (χ4n) is 2.36. The summed E-state index contributed by atoms with van der Waals surface area (Å²) in [6.07, 6.45) is -0.146. The molecular formula is C21H37O10Si2. The van der Waals surface area contributed by atoms with Crippen molar-refractivity contribution in [2.45, 2.75) is 65.1 Å². The van der Waals surface area contributed by atoms with Crippen molar-refractivity contribution < 1.29 is 47.4 Å². The van der Waals surface area contributed by atoms with Gasteiger partial charge in [0.15, 0.2) is 0 Å². The van der Waals surface area contributed by atoms with Gasteiger partial charge in [-0.2, -0.15) is 0 Å². The summed E-state index contributed by atoms with van der Waals surface area (Å²) in [4.78, 5) is 65.5. The van der Waals surface area contributed by atoms with Crippen molar-refractivity contribution in [1.29, 1.82) is 0 Å². The van der Waals surface area contributed by atoms with Gasteiger partial charge in [0.1, 0.15) is 6.23 Å². The van der Waals surface area contributed by atoms with Gasteiger partial charge in [-0.3, -0.25) is 4.79 Å². The van der Waals surface area contributed by atoms with E-state index in [9.17, 15) is 28.8 Å². The lowest BCUT2D eigenvalue weighted by Crippen LogP contribution is -2.44. The van der Waals surface area contributed by atoms with Crippen molar-refractivity contribution in [2.75, 3.05) is 19.4 Å². The molecule has 0 amide bonds. The Morgan fingerprint density at radius 3 is 2.03 bits per heavy atom. The maximum Gasteiger partial charge on any atom is 0.495 e. The van der Waals surface area contributed by atoms with Crippen LogP contribution in [0.15, 0.2) is 24.3 Å². The number of ether oxygens (including phenoxy) is 3. The molecule has 0 aliphatic rings. The number of hydrogen-bond donors (Lipinski definition) is 3. The van der Waals surface area contributed by atoms with Crippen molar-refractivity contribution in [3.05, 3.63) is 24.3 Å². The third-order valence-electron chi connectivity index (χ3n) is 4.15. The lowest BCUT2D eigenvalue weighted by atomic mass is 10.2. The SMILES string of the molecule is C=C(C)C(=O)OCCCC(C[Si](O)COC(=O)C(=C)C)O[Si](O)(O)CCCOC(=O)C(C)C. The molecule has 189 valence electrons. The molecule has 10 nitrogen and oxygen atoms in total. The molecule has 0 aliphatic heterocycles. The predicted molar refractivity (Wildman–Crippen MR) is 124 cm³/mol. The molecule has 0 heterocycles. The van der Waals surface area contributed by atoms with Crippen LogP contribution in [0, 0.1) is 5.92 Å². The van der Waals surface area contributed by atoms with Crippen LogP contribution in [-0.4, -0.2) is 75.7 Å².